The molecule has 1 fully saturated rings. The Kier molecular flexibility index (Phi) is 7.79. The lowest BCUT2D eigenvalue weighted by molar-refractivity contribution is -0.117. The van der Waals surface area contributed by atoms with Gasteiger partial charge in [0.05, 0.1) is 5.25 Å². The van der Waals surface area contributed by atoms with Crippen molar-refractivity contribution < 1.29 is 9.59 Å². The van der Waals surface area contributed by atoms with Crippen LogP contribution in [0, 0.1) is 11.3 Å². The van der Waals surface area contributed by atoms with Crippen molar-refractivity contribution in [3.8, 4) is 6.07 Å². The van der Waals surface area contributed by atoms with Gasteiger partial charge in [0.25, 0.3) is 5.91 Å². The molecule has 1 atom stereocenters. The van der Waals surface area contributed by atoms with Crippen LogP contribution >= 0.6 is 55.2 Å². The first-order valence-corrected chi connectivity index (χ1v) is 12.9. The van der Waals surface area contributed by atoms with Gasteiger partial charge in [0.2, 0.25) is 5.91 Å². The molecule has 1 heterocycles. The number of nitrogens with zero attached hydrogens (tertiary/aromatic N) is 2. The zero-order chi connectivity index (χ0) is 24.2. The van der Waals surface area contributed by atoms with Crippen LogP contribution in [-0.2, 0) is 16.0 Å². The fourth-order valence-corrected chi connectivity index (χ4v) is 5.34. The lowest BCUT2D eigenvalue weighted by Crippen LogP contribution is -2.30. The molecule has 0 aromatic heterocycles. The predicted molar refractivity (Wildman–Crippen MR) is 144 cm³/mol. The van der Waals surface area contributed by atoms with E-state index in [4.69, 9.17) is 11.6 Å². The van der Waals surface area contributed by atoms with Crippen LogP contribution in [0.4, 0.5) is 11.4 Å². The third kappa shape index (κ3) is 5.56. The molecule has 0 aliphatic carbocycles. The van der Waals surface area contributed by atoms with Gasteiger partial charge in [-0.1, -0.05) is 67.4 Å². The molecule has 3 aromatic rings. The second-order valence-corrected chi connectivity index (χ2v) is 10.8. The lowest BCUT2D eigenvalue weighted by atomic mass is 10.1. The average molecular weight is 618 g/mol. The maximum Gasteiger partial charge on any atom is 0.269 e. The molecule has 4 rings (SSSR count). The normalized spacial score (nSPS) is 16.8. The number of thioether (sulfide) groups is 1. The molecule has 1 saturated heterocycles. The Morgan fingerprint density at radius 2 is 1.59 bits per heavy atom. The van der Waals surface area contributed by atoms with Crippen LogP contribution in [-0.4, -0.2) is 17.1 Å². The summed E-state index contributed by atoms with van der Waals surface area (Å²) in [5, 5.41) is 13.0. The van der Waals surface area contributed by atoms with E-state index >= 15 is 0 Å². The SMILES string of the molecule is N#C/C(C(=O)Nc1ccc(Cl)cc1)=C1/S[C@@H](Cc2ccc(Br)cc2)C(=O)N1c1ccc(Br)cc1. The van der Waals surface area contributed by atoms with Crippen LogP contribution in [0.5, 0.6) is 0 Å². The summed E-state index contributed by atoms with van der Waals surface area (Å²) >= 11 is 14.0. The third-order valence-electron chi connectivity index (χ3n) is 5.03. The second kappa shape index (κ2) is 10.8. The number of hydrogen-bond acceptors (Lipinski definition) is 4. The Labute approximate surface area is 223 Å². The van der Waals surface area contributed by atoms with Crippen LogP contribution in [0.2, 0.25) is 5.02 Å². The van der Waals surface area contributed by atoms with Crippen molar-refractivity contribution in [2.24, 2.45) is 0 Å². The Morgan fingerprint density at radius 1 is 1.00 bits per heavy atom. The van der Waals surface area contributed by atoms with E-state index in [0.29, 0.717) is 27.8 Å². The van der Waals surface area contributed by atoms with Crippen molar-refractivity contribution in [3.63, 3.8) is 0 Å². The maximum absolute atomic E-state index is 13.5. The first kappa shape index (κ1) is 24.6. The number of carbonyl (C=O) groups excluding carboxylic acids is 2. The van der Waals surface area contributed by atoms with Crippen molar-refractivity contribution in [2.75, 3.05) is 10.2 Å². The molecule has 3 aromatic carbocycles. The Bertz CT molecular complexity index is 1300. The molecule has 0 bridgehead atoms. The van der Waals surface area contributed by atoms with Gasteiger partial charge >= 0.3 is 0 Å². The Hall–Kier alpha value is -2.57. The number of benzene rings is 3. The molecule has 1 aliphatic heterocycles. The lowest BCUT2D eigenvalue weighted by Gasteiger charge is -2.19. The van der Waals surface area contributed by atoms with Crippen LogP contribution in [0.1, 0.15) is 5.56 Å². The molecule has 0 unspecified atom stereocenters. The van der Waals surface area contributed by atoms with Gasteiger partial charge in [-0.2, -0.15) is 5.26 Å². The molecule has 5 nitrogen and oxygen atoms in total. The molecule has 0 saturated carbocycles. The van der Waals surface area contributed by atoms with Crippen molar-refractivity contribution in [1.82, 2.24) is 0 Å². The van der Waals surface area contributed by atoms with Gasteiger partial charge in [0.1, 0.15) is 16.7 Å². The Morgan fingerprint density at radius 3 is 2.18 bits per heavy atom. The molecule has 0 spiro atoms. The number of rotatable bonds is 5. The number of anilines is 2. The summed E-state index contributed by atoms with van der Waals surface area (Å²) in [4.78, 5) is 28.0. The van der Waals surface area contributed by atoms with Gasteiger partial charge in [-0.3, -0.25) is 14.5 Å². The van der Waals surface area contributed by atoms with Crippen LogP contribution in [0.25, 0.3) is 0 Å². The minimum Gasteiger partial charge on any atom is -0.321 e. The summed E-state index contributed by atoms with van der Waals surface area (Å²) in [5.74, 6) is -0.774. The van der Waals surface area contributed by atoms with Gasteiger partial charge in [-0.25, -0.2) is 0 Å². The first-order valence-electron chi connectivity index (χ1n) is 10.1. The molecule has 170 valence electrons. The highest BCUT2D eigenvalue weighted by Gasteiger charge is 2.40. The van der Waals surface area contributed by atoms with E-state index in [1.807, 2.05) is 42.5 Å². The fraction of sp³-hybridized carbons (Fsp3) is 0.0800. The van der Waals surface area contributed by atoms with E-state index in [2.05, 4.69) is 37.2 Å². The van der Waals surface area contributed by atoms with E-state index in [9.17, 15) is 14.9 Å². The number of hydrogen-bond donors (Lipinski definition) is 1. The second-order valence-electron chi connectivity index (χ2n) is 7.34. The maximum atomic E-state index is 13.5. The van der Waals surface area contributed by atoms with Crippen molar-refractivity contribution in [3.05, 3.63) is 103 Å². The average Bonchev–Trinajstić information content (AvgIpc) is 3.13. The molecule has 1 aliphatic rings. The summed E-state index contributed by atoms with van der Waals surface area (Å²) < 4.78 is 1.80. The minimum absolute atomic E-state index is 0.130. The summed E-state index contributed by atoms with van der Waals surface area (Å²) in [6, 6.07) is 23.5. The molecule has 9 heteroatoms. The first-order chi connectivity index (χ1) is 16.4. The third-order valence-corrected chi connectivity index (χ3v) is 7.60. The highest BCUT2D eigenvalue weighted by Crippen LogP contribution is 2.42. The molecule has 2 amide bonds. The molecule has 1 N–H and O–H groups in total. The van der Waals surface area contributed by atoms with E-state index in [-0.39, 0.29) is 11.5 Å². The van der Waals surface area contributed by atoms with Gasteiger partial charge in [0, 0.05) is 25.3 Å². The number of nitrogens with one attached hydrogen (secondary N) is 1. The zero-order valence-corrected chi connectivity index (χ0v) is 22.2. The van der Waals surface area contributed by atoms with E-state index in [1.165, 1.54) is 16.7 Å². The van der Waals surface area contributed by atoms with E-state index in [0.717, 1.165) is 14.5 Å². The van der Waals surface area contributed by atoms with Gasteiger partial charge < -0.3 is 5.32 Å². The summed E-state index contributed by atoms with van der Waals surface area (Å²) in [7, 11) is 0. The summed E-state index contributed by atoms with van der Waals surface area (Å²) in [6.07, 6.45) is 0.463. The van der Waals surface area contributed by atoms with Crippen molar-refractivity contribution in [2.45, 2.75) is 11.7 Å². The van der Waals surface area contributed by atoms with Crippen LogP contribution in [0.15, 0.2) is 92.3 Å². The molecular formula is C25H16Br2ClN3O2S. The summed E-state index contributed by atoms with van der Waals surface area (Å²) in [5.41, 5.74) is 1.93. The quantitative estimate of drug-likeness (QED) is 0.249. The standard InChI is InChI=1S/C25H16Br2ClN3O2S/c26-16-3-1-15(2-4-16)13-22-24(33)31(20-11-5-17(27)6-12-20)25(34-22)21(14-29)23(32)30-19-9-7-18(28)8-10-19/h1-12,22H,13H2,(H,30,32)/b25-21-/t22-/m0/s1. The topological polar surface area (TPSA) is 73.2 Å². The minimum atomic E-state index is -0.591. The largest absolute Gasteiger partial charge is 0.321 e. The number of halogens is 3. The number of carbonyl (C=O) groups is 2. The summed E-state index contributed by atoms with van der Waals surface area (Å²) in [6.45, 7) is 0. The fourth-order valence-electron chi connectivity index (χ4n) is 3.37. The van der Waals surface area contributed by atoms with Crippen molar-refractivity contribution in [1.29, 1.82) is 5.26 Å². The van der Waals surface area contributed by atoms with E-state index < -0.39 is 11.2 Å². The predicted octanol–water partition coefficient (Wildman–Crippen LogP) is 6.93. The molecular weight excluding hydrogens is 602 g/mol. The highest BCUT2D eigenvalue weighted by molar-refractivity contribution is 9.10. The molecule has 0 radical (unpaired) electrons. The zero-order valence-electron chi connectivity index (χ0n) is 17.5. The van der Waals surface area contributed by atoms with E-state index in [1.54, 1.807) is 36.4 Å². The van der Waals surface area contributed by atoms with Gasteiger partial charge in [0.15, 0.2) is 0 Å². The van der Waals surface area contributed by atoms with Crippen LogP contribution < -0.4 is 10.2 Å². The molecule has 34 heavy (non-hydrogen) atoms. The monoisotopic (exact) mass is 615 g/mol. The van der Waals surface area contributed by atoms with Gasteiger partial charge in [-0.05, 0) is 72.6 Å². The number of nitriles is 1. The van der Waals surface area contributed by atoms with Crippen LogP contribution in [0.3, 0.4) is 0 Å². The smallest absolute Gasteiger partial charge is 0.269 e. The highest BCUT2D eigenvalue weighted by atomic mass is 79.9. The van der Waals surface area contributed by atoms with Crippen molar-refractivity contribution >= 4 is 78.4 Å². The van der Waals surface area contributed by atoms with Gasteiger partial charge in [-0.15, -0.1) is 0 Å². The number of amides is 2. The Balaban J connectivity index is 1.71.